The third kappa shape index (κ3) is 8.20. The van der Waals surface area contributed by atoms with Crippen molar-refractivity contribution >= 4 is 6.09 Å². The van der Waals surface area contributed by atoms with Gasteiger partial charge in [0.25, 0.3) is 0 Å². The molecule has 0 aliphatic rings. The highest BCUT2D eigenvalue weighted by molar-refractivity contribution is 5.67. The Kier molecular flexibility index (Phi) is 6.27. The highest BCUT2D eigenvalue weighted by Gasteiger charge is 2.17. The van der Waals surface area contributed by atoms with Crippen LogP contribution in [-0.4, -0.2) is 42.7 Å². The Morgan fingerprint density at radius 2 is 2.07 bits per heavy atom. The summed E-state index contributed by atoms with van der Waals surface area (Å²) < 4.78 is 10.2. The van der Waals surface area contributed by atoms with E-state index in [1.807, 2.05) is 6.92 Å². The maximum Gasteiger partial charge on any atom is 0.407 e. The number of carbonyl (C=O) groups is 1. The number of nitrogens with one attached hydrogen (secondary N) is 1. The number of aliphatic hydroxyl groups excluding tert-OH is 1. The smallest absolute Gasteiger partial charge is 0.407 e. The predicted molar refractivity (Wildman–Crippen MR) is 56.7 cm³/mol. The number of alkyl carbamates (subject to hydrolysis) is 1. The summed E-state index contributed by atoms with van der Waals surface area (Å²) in [7, 11) is 0. The van der Waals surface area contributed by atoms with Crippen molar-refractivity contribution in [2.75, 3.05) is 19.8 Å². The maximum absolute atomic E-state index is 11.2. The molecular formula is C10H21NO4. The number of rotatable bonds is 5. The number of hydrogen-bond acceptors (Lipinski definition) is 4. The molecule has 0 aliphatic carbocycles. The van der Waals surface area contributed by atoms with Gasteiger partial charge in [0.2, 0.25) is 0 Å². The predicted octanol–water partition coefficient (Wildman–Crippen LogP) is 0.908. The van der Waals surface area contributed by atoms with E-state index >= 15 is 0 Å². The van der Waals surface area contributed by atoms with Crippen molar-refractivity contribution in [3.05, 3.63) is 0 Å². The third-order valence-electron chi connectivity index (χ3n) is 1.48. The van der Waals surface area contributed by atoms with Gasteiger partial charge in [-0.25, -0.2) is 4.79 Å². The van der Waals surface area contributed by atoms with Crippen LogP contribution in [0.4, 0.5) is 4.79 Å². The molecule has 0 aromatic rings. The minimum Gasteiger partial charge on any atom is -0.444 e. The minimum atomic E-state index is -0.510. The number of aliphatic hydroxyl groups is 1. The van der Waals surface area contributed by atoms with Crippen molar-refractivity contribution in [2.45, 2.75) is 39.4 Å². The number of hydrogen-bond donors (Lipinski definition) is 2. The molecule has 0 aromatic carbocycles. The summed E-state index contributed by atoms with van der Waals surface area (Å²) in [6, 6.07) is 0. The van der Waals surface area contributed by atoms with Gasteiger partial charge in [0.1, 0.15) is 5.60 Å². The summed E-state index contributed by atoms with van der Waals surface area (Å²) in [6.45, 7) is 7.83. The fourth-order valence-electron chi connectivity index (χ4n) is 0.923. The number of ether oxygens (including phenoxy) is 2. The Morgan fingerprint density at radius 3 is 2.47 bits per heavy atom. The average molecular weight is 219 g/mol. The lowest BCUT2D eigenvalue weighted by atomic mass is 10.2. The SMILES string of the molecule is CCOC(CO)CNC(=O)OC(C)(C)C. The van der Waals surface area contributed by atoms with Crippen LogP contribution in [-0.2, 0) is 9.47 Å². The summed E-state index contributed by atoms with van der Waals surface area (Å²) in [4.78, 5) is 11.2. The Balaban J connectivity index is 3.78. The molecule has 0 bridgehead atoms. The number of amides is 1. The van der Waals surface area contributed by atoms with Crippen molar-refractivity contribution in [1.82, 2.24) is 5.32 Å². The second-order valence-electron chi connectivity index (χ2n) is 4.14. The third-order valence-corrected chi connectivity index (χ3v) is 1.48. The normalized spacial score (nSPS) is 13.4. The lowest BCUT2D eigenvalue weighted by Crippen LogP contribution is -2.39. The van der Waals surface area contributed by atoms with Crippen LogP contribution in [0.2, 0.25) is 0 Å². The molecule has 0 spiro atoms. The highest BCUT2D eigenvalue weighted by Crippen LogP contribution is 2.06. The van der Waals surface area contributed by atoms with E-state index in [2.05, 4.69) is 5.32 Å². The van der Waals surface area contributed by atoms with E-state index in [-0.39, 0.29) is 19.3 Å². The molecular weight excluding hydrogens is 198 g/mol. The van der Waals surface area contributed by atoms with Gasteiger partial charge < -0.3 is 19.9 Å². The lowest BCUT2D eigenvalue weighted by molar-refractivity contribution is 0.0141. The van der Waals surface area contributed by atoms with E-state index in [1.165, 1.54) is 0 Å². The monoisotopic (exact) mass is 219 g/mol. The summed E-state index contributed by atoms with van der Waals surface area (Å²) in [5.74, 6) is 0. The Bertz CT molecular complexity index is 188. The van der Waals surface area contributed by atoms with E-state index in [1.54, 1.807) is 20.8 Å². The van der Waals surface area contributed by atoms with Gasteiger partial charge in [-0.1, -0.05) is 0 Å². The first-order valence-electron chi connectivity index (χ1n) is 5.08. The molecule has 5 nitrogen and oxygen atoms in total. The fourth-order valence-corrected chi connectivity index (χ4v) is 0.923. The second-order valence-corrected chi connectivity index (χ2v) is 4.14. The molecule has 90 valence electrons. The fraction of sp³-hybridized carbons (Fsp3) is 0.900. The molecule has 0 aliphatic heterocycles. The molecule has 1 amide bonds. The van der Waals surface area contributed by atoms with E-state index in [9.17, 15) is 4.79 Å². The molecule has 1 atom stereocenters. The van der Waals surface area contributed by atoms with Crippen LogP contribution in [0.3, 0.4) is 0 Å². The molecule has 0 fully saturated rings. The lowest BCUT2D eigenvalue weighted by Gasteiger charge is -2.21. The summed E-state index contributed by atoms with van der Waals surface area (Å²) in [6.07, 6.45) is -0.872. The largest absolute Gasteiger partial charge is 0.444 e. The molecule has 2 N–H and O–H groups in total. The first-order chi connectivity index (χ1) is 6.89. The zero-order chi connectivity index (χ0) is 11.9. The van der Waals surface area contributed by atoms with Crippen molar-refractivity contribution in [2.24, 2.45) is 0 Å². The number of carbonyl (C=O) groups excluding carboxylic acids is 1. The molecule has 15 heavy (non-hydrogen) atoms. The molecule has 0 heterocycles. The average Bonchev–Trinajstić information content (AvgIpc) is 2.09. The Morgan fingerprint density at radius 1 is 1.47 bits per heavy atom. The van der Waals surface area contributed by atoms with E-state index in [4.69, 9.17) is 14.6 Å². The molecule has 5 heteroatoms. The van der Waals surface area contributed by atoms with Gasteiger partial charge in [0, 0.05) is 13.2 Å². The van der Waals surface area contributed by atoms with Crippen molar-refractivity contribution in [3.63, 3.8) is 0 Å². The first kappa shape index (κ1) is 14.2. The van der Waals surface area contributed by atoms with E-state index in [0.29, 0.717) is 6.61 Å². The van der Waals surface area contributed by atoms with Gasteiger partial charge in [0.15, 0.2) is 0 Å². The van der Waals surface area contributed by atoms with Gasteiger partial charge >= 0.3 is 6.09 Å². The Labute approximate surface area is 90.8 Å². The summed E-state index contributed by atoms with van der Waals surface area (Å²) in [5, 5.41) is 11.4. The molecule has 0 saturated heterocycles. The van der Waals surface area contributed by atoms with Crippen LogP contribution < -0.4 is 5.32 Å². The van der Waals surface area contributed by atoms with Gasteiger partial charge in [-0.05, 0) is 27.7 Å². The standard InChI is InChI=1S/C10H21NO4/c1-5-14-8(7-12)6-11-9(13)15-10(2,3)4/h8,12H,5-7H2,1-4H3,(H,11,13). The van der Waals surface area contributed by atoms with Crippen LogP contribution in [0.5, 0.6) is 0 Å². The van der Waals surface area contributed by atoms with Crippen molar-refractivity contribution in [3.8, 4) is 0 Å². The van der Waals surface area contributed by atoms with E-state index in [0.717, 1.165) is 0 Å². The van der Waals surface area contributed by atoms with Gasteiger partial charge in [0.05, 0.1) is 12.7 Å². The van der Waals surface area contributed by atoms with Crippen LogP contribution in [0.1, 0.15) is 27.7 Å². The zero-order valence-electron chi connectivity index (χ0n) is 9.87. The van der Waals surface area contributed by atoms with Crippen molar-refractivity contribution < 1.29 is 19.4 Å². The maximum atomic E-state index is 11.2. The molecule has 0 aromatic heterocycles. The molecule has 1 unspecified atom stereocenters. The highest BCUT2D eigenvalue weighted by atomic mass is 16.6. The summed E-state index contributed by atoms with van der Waals surface area (Å²) in [5.41, 5.74) is -0.510. The summed E-state index contributed by atoms with van der Waals surface area (Å²) >= 11 is 0. The molecule has 0 radical (unpaired) electrons. The topological polar surface area (TPSA) is 67.8 Å². The molecule has 0 rings (SSSR count). The zero-order valence-corrected chi connectivity index (χ0v) is 9.87. The van der Waals surface area contributed by atoms with Gasteiger partial charge in [-0.2, -0.15) is 0 Å². The van der Waals surface area contributed by atoms with Crippen LogP contribution in [0, 0.1) is 0 Å². The van der Waals surface area contributed by atoms with E-state index < -0.39 is 11.7 Å². The van der Waals surface area contributed by atoms with Gasteiger partial charge in [-0.15, -0.1) is 0 Å². The quantitative estimate of drug-likeness (QED) is 0.721. The molecule has 0 saturated carbocycles. The second kappa shape index (κ2) is 6.63. The van der Waals surface area contributed by atoms with Crippen LogP contribution >= 0.6 is 0 Å². The van der Waals surface area contributed by atoms with Crippen LogP contribution in [0.15, 0.2) is 0 Å². The van der Waals surface area contributed by atoms with Crippen molar-refractivity contribution in [1.29, 1.82) is 0 Å². The minimum absolute atomic E-state index is 0.121. The van der Waals surface area contributed by atoms with Crippen LogP contribution in [0.25, 0.3) is 0 Å². The first-order valence-corrected chi connectivity index (χ1v) is 5.08. The Hall–Kier alpha value is -0.810. The van der Waals surface area contributed by atoms with Gasteiger partial charge in [-0.3, -0.25) is 0 Å².